The molecule has 16 heteroatoms. The Balaban J connectivity index is 2.34. The van der Waals surface area contributed by atoms with E-state index in [0.29, 0.717) is 0 Å². The molecule has 6 nitrogen and oxygen atoms in total. The molecule has 0 saturated heterocycles. The summed E-state index contributed by atoms with van der Waals surface area (Å²) >= 11 is 0. The third-order valence-corrected chi connectivity index (χ3v) is 6.81. The molecule has 1 aliphatic carbocycles. The second-order valence-corrected chi connectivity index (χ2v) is 9.10. The molecule has 0 unspecified atom stereocenters. The van der Waals surface area contributed by atoms with Gasteiger partial charge < -0.3 is 0 Å². The Bertz CT molecular complexity index is 2200. The van der Waals surface area contributed by atoms with Crippen LogP contribution in [0.2, 0.25) is 0 Å². The Hall–Kier alpha value is -6.88. The van der Waals surface area contributed by atoms with Gasteiger partial charge in [-0.1, -0.05) is 0 Å². The van der Waals surface area contributed by atoms with Gasteiger partial charge in [0.25, 0.3) is 5.69 Å². The van der Waals surface area contributed by atoms with Crippen LogP contribution in [-0.2, 0) is 0 Å². The SMILES string of the molecule is [C-]#[N+]C(=C1C(=C(C#N)c2cc(F)c(C#N)c(F)c2F)C1=C(C#N)c1c(C)c(F)c([N+]#[C-])c(F)c1F)c1c(F)c(F)c(C#N)c(F)c1F. The average molecular weight is 650 g/mol. The third-order valence-electron chi connectivity index (χ3n) is 6.81. The highest BCUT2D eigenvalue weighted by Gasteiger charge is 2.45. The summed E-state index contributed by atoms with van der Waals surface area (Å²) in [6.45, 7) is 15.1. The predicted octanol–water partition coefficient (Wildman–Crippen LogP) is 8.28. The van der Waals surface area contributed by atoms with E-state index < -0.39 is 131 Å². The van der Waals surface area contributed by atoms with Crippen LogP contribution in [0.25, 0.3) is 26.5 Å². The molecule has 4 rings (SSSR count). The minimum absolute atomic E-state index is 0.0948. The van der Waals surface area contributed by atoms with Crippen molar-refractivity contribution in [1.29, 1.82) is 21.0 Å². The van der Waals surface area contributed by atoms with Crippen molar-refractivity contribution in [3.8, 4) is 24.3 Å². The number of halogens is 10. The summed E-state index contributed by atoms with van der Waals surface area (Å²) in [7, 11) is 0. The summed E-state index contributed by atoms with van der Waals surface area (Å²) in [5.41, 5.74) is -17.4. The lowest BCUT2D eigenvalue weighted by Crippen LogP contribution is -2.06. The zero-order valence-electron chi connectivity index (χ0n) is 22.5. The van der Waals surface area contributed by atoms with Crippen LogP contribution in [0, 0.1) is 124 Å². The molecule has 1 saturated carbocycles. The van der Waals surface area contributed by atoms with Crippen LogP contribution in [0.15, 0.2) is 22.8 Å². The van der Waals surface area contributed by atoms with Crippen LogP contribution in [0.5, 0.6) is 0 Å². The van der Waals surface area contributed by atoms with Gasteiger partial charge in [0.1, 0.15) is 47.0 Å². The van der Waals surface area contributed by atoms with Crippen molar-refractivity contribution in [3.63, 3.8) is 0 Å². The van der Waals surface area contributed by atoms with Crippen LogP contribution >= 0.6 is 0 Å². The van der Waals surface area contributed by atoms with Crippen molar-refractivity contribution >= 4 is 22.5 Å². The van der Waals surface area contributed by atoms with E-state index in [2.05, 4.69) is 9.69 Å². The van der Waals surface area contributed by atoms with Crippen LogP contribution in [-0.4, -0.2) is 0 Å². The molecule has 228 valence electrons. The van der Waals surface area contributed by atoms with Gasteiger partial charge in [0.05, 0.1) is 29.9 Å². The highest BCUT2D eigenvalue weighted by atomic mass is 19.2. The highest BCUT2D eigenvalue weighted by molar-refractivity contribution is 6.11. The van der Waals surface area contributed by atoms with Crippen LogP contribution < -0.4 is 0 Å². The van der Waals surface area contributed by atoms with Gasteiger partial charge >= 0.3 is 0 Å². The molecule has 47 heavy (non-hydrogen) atoms. The van der Waals surface area contributed by atoms with Crippen molar-refractivity contribution in [1.82, 2.24) is 0 Å². The Labute approximate surface area is 256 Å². The number of allylic oxidation sites excluding steroid dienone is 5. The molecule has 1 fully saturated rings. The van der Waals surface area contributed by atoms with Crippen LogP contribution in [0.4, 0.5) is 49.6 Å². The lowest BCUT2D eigenvalue weighted by atomic mass is 9.97. The maximum atomic E-state index is 15.3. The quantitative estimate of drug-likeness (QED) is 0.123. The number of rotatable bonds is 3. The monoisotopic (exact) mass is 650 g/mol. The zero-order chi connectivity index (χ0) is 35.2. The largest absolute Gasteiger partial charge is 0.260 e. The highest BCUT2D eigenvalue weighted by Crippen LogP contribution is 2.57. The van der Waals surface area contributed by atoms with Crippen LogP contribution in [0.1, 0.15) is 33.4 Å². The molecule has 0 bridgehead atoms. The van der Waals surface area contributed by atoms with E-state index in [-0.39, 0.29) is 6.07 Å². The molecule has 0 amide bonds. The Morgan fingerprint density at radius 2 is 1.09 bits per heavy atom. The maximum absolute atomic E-state index is 15.3. The van der Waals surface area contributed by atoms with Gasteiger partial charge in [-0.3, -0.25) is 0 Å². The Morgan fingerprint density at radius 1 is 0.596 bits per heavy atom. The summed E-state index contributed by atoms with van der Waals surface area (Å²) in [4.78, 5) is 5.28. The molecule has 0 aromatic heterocycles. The molecule has 1 aliphatic rings. The van der Waals surface area contributed by atoms with E-state index in [4.69, 9.17) is 23.7 Å². The minimum atomic E-state index is -2.37. The molecule has 0 radical (unpaired) electrons. The first-order chi connectivity index (χ1) is 22.2. The smallest absolute Gasteiger partial charge is 0.237 e. The van der Waals surface area contributed by atoms with Gasteiger partial charge in [-0.05, 0) is 35.3 Å². The van der Waals surface area contributed by atoms with Gasteiger partial charge in [-0.25, -0.2) is 53.6 Å². The number of nitrogens with zero attached hydrogens (tertiary/aromatic N) is 6. The predicted molar refractivity (Wildman–Crippen MR) is 138 cm³/mol. The Morgan fingerprint density at radius 3 is 1.55 bits per heavy atom. The van der Waals surface area contributed by atoms with Gasteiger partial charge in [0, 0.05) is 11.1 Å². The van der Waals surface area contributed by atoms with Crippen molar-refractivity contribution in [2.75, 3.05) is 0 Å². The summed E-state index contributed by atoms with van der Waals surface area (Å²) in [5, 5.41) is 37.7. The van der Waals surface area contributed by atoms with E-state index in [1.54, 1.807) is 0 Å². The molecule has 0 atom stereocenters. The summed E-state index contributed by atoms with van der Waals surface area (Å²) in [6.07, 6.45) is 0. The number of hydrogen-bond donors (Lipinski definition) is 0. The fraction of sp³-hybridized carbons (Fsp3) is 0.0323. The van der Waals surface area contributed by atoms with Gasteiger partial charge in [0.2, 0.25) is 5.70 Å². The van der Waals surface area contributed by atoms with E-state index >= 15 is 17.6 Å². The minimum Gasteiger partial charge on any atom is -0.237 e. The maximum Gasteiger partial charge on any atom is 0.260 e. The first kappa shape index (κ1) is 33.0. The number of benzene rings is 3. The van der Waals surface area contributed by atoms with Crippen molar-refractivity contribution in [3.05, 3.63) is 137 Å². The summed E-state index contributed by atoms with van der Waals surface area (Å²) in [5.74, 6) is -21.3. The van der Waals surface area contributed by atoms with Gasteiger partial charge in [-0.15, -0.1) is 0 Å². The van der Waals surface area contributed by atoms with Gasteiger partial charge in [-0.2, -0.15) is 21.0 Å². The van der Waals surface area contributed by atoms with E-state index in [9.17, 15) is 36.9 Å². The van der Waals surface area contributed by atoms with E-state index in [1.165, 1.54) is 12.1 Å². The van der Waals surface area contributed by atoms with Crippen LogP contribution in [0.3, 0.4) is 0 Å². The fourth-order valence-corrected chi connectivity index (χ4v) is 4.62. The van der Waals surface area contributed by atoms with Crippen molar-refractivity contribution in [2.45, 2.75) is 6.92 Å². The molecule has 3 aromatic rings. The first-order valence-electron chi connectivity index (χ1n) is 12.0. The normalized spacial score (nSPS) is 14.9. The lowest BCUT2D eigenvalue weighted by Gasteiger charge is -2.10. The van der Waals surface area contributed by atoms with E-state index in [0.717, 1.165) is 19.1 Å². The number of nitriles is 4. The summed E-state index contributed by atoms with van der Waals surface area (Å²) < 4.78 is 148. The Kier molecular flexibility index (Phi) is 8.36. The molecule has 0 N–H and O–H groups in total. The fourth-order valence-electron chi connectivity index (χ4n) is 4.62. The molecular weight excluding hydrogens is 646 g/mol. The standard InChI is InChI=1S/C31H4F10N6/c1-9-16(26(38)29(41)31(47-3)21(9)33)13(7-44)18-17(11(5-42)10-4-15(32)12(6-43)23(35)22(10)34)19(18)30(46-2)20-27(39)24(36)14(8-45)25(37)28(20)40/h4H,1H3. The van der Waals surface area contributed by atoms with Gasteiger partial charge in [0.15, 0.2) is 46.5 Å². The molecule has 0 spiro atoms. The van der Waals surface area contributed by atoms with E-state index in [1.807, 2.05) is 0 Å². The second kappa shape index (κ2) is 11.9. The third kappa shape index (κ3) is 4.70. The average Bonchev–Trinajstić information content (AvgIpc) is 3.76. The van der Waals surface area contributed by atoms with Crippen molar-refractivity contribution < 1.29 is 43.9 Å². The summed E-state index contributed by atoms with van der Waals surface area (Å²) in [6, 6.07) is 4.50. The molecular formula is C31H4F10N6. The first-order valence-corrected chi connectivity index (χ1v) is 12.0. The van der Waals surface area contributed by atoms with Crippen molar-refractivity contribution in [2.24, 2.45) is 0 Å². The topological polar surface area (TPSA) is 104 Å². The molecule has 3 aromatic carbocycles. The molecule has 0 aliphatic heterocycles. The second-order valence-electron chi connectivity index (χ2n) is 9.10. The number of hydrogen-bond acceptors (Lipinski definition) is 4. The zero-order valence-corrected chi connectivity index (χ0v) is 22.5. The molecule has 0 heterocycles. The lowest BCUT2D eigenvalue weighted by molar-refractivity contribution is 0.446.